The van der Waals surface area contributed by atoms with Crippen molar-refractivity contribution < 1.29 is 30.0 Å². The minimum absolute atomic E-state index is 0. The molecule has 0 spiro atoms. The van der Waals surface area contributed by atoms with E-state index in [0.717, 1.165) is 95.2 Å². The molecule has 0 saturated heterocycles. The van der Waals surface area contributed by atoms with Gasteiger partial charge in [0.2, 0.25) is 0 Å². The summed E-state index contributed by atoms with van der Waals surface area (Å²) >= 11 is 0. The maximum Gasteiger partial charge on any atom is 0.159 e. The van der Waals surface area contributed by atoms with Gasteiger partial charge in [0.25, 0.3) is 0 Å². The minimum atomic E-state index is -0.391. The van der Waals surface area contributed by atoms with Crippen molar-refractivity contribution in [3.05, 3.63) is 330 Å². The Labute approximate surface area is 549 Å². The van der Waals surface area contributed by atoms with Gasteiger partial charge in [-0.05, 0) is 158 Å². The number of aliphatic hydroxyl groups is 1. The maximum absolute atomic E-state index is 12.5. The minimum Gasteiger partial charge on any atom is -0.512 e. The number of aliphatic hydroxyl groups excluding tert-OH is 1. The Morgan fingerprint density at radius 2 is 0.846 bits per heavy atom. The summed E-state index contributed by atoms with van der Waals surface area (Å²) in [7, 11) is 0. The summed E-state index contributed by atoms with van der Waals surface area (Å²) in [4.78, 5) is 42.0. The second-order valence-corrected chi connectivity index (χ2v) is 23.4. The molecule has 0 aliphatic heterocycles. The van der Waals surface area contributed by atoms with E-state index in [1.54, 1.807) is 44.1 Å². The summed E-state index contributed by atoms with van der Waals surface area (Å²) in [6, 6.07) is 83.1. The molecule has 12 aromatic rings. The van der Waals surface area contributed by atoms with Crippen LogP contribution in [-0.2, 0) is 42.2 Å². The summed E-state index contributed by atoms with van der Waals surface area (Å²) < 4.78 is 0. The number of hydrogen-bond acceptors (Lipinski definition) is 9. The molecule has 9 nitrogen and oxygen atoms in total. The fourth-order valence-electron chi connectivity index (χ4n) is 11.2. The number of nitrogens with zero attached hydrogens (tertiary/aromatic N) is 7. The van der Waals surface area contributed by atoms with Gasteiger partial charge >= 0.3 is 0 Å². The van der Waals surface area contributed by atoms with Gasteiger partial charge in [0.05, 0.1) is 5.76 Å². The number of ketones is 1. The van der Waals surface area contributed by atoms with Crippen molar-refractivity contribution in [2.24, 2.45) is 0 Å². The van der Waals surface area contributed by atoms with Gasteiger partial charge in [-0.2, -0.15) is 0 Å². The van der Waals surface area contributed by atoms with E-state index in [1.165, 1.54) is 18.1 Å². The first-order valence-corrected chi connectivity index (χ1v) is 30.2. The topological polar surface area (TPSA) is 118 Å². The first kappa shape index (κ1) is 65.3. The Morgan fingerprint density at radius 1 is 0.429 bits per heavy atom. The molecule has 1 radical (unpaired) electrons. The molecule has 0 atom stereocenters. The predicted octanol–water partition coefficient (Wildman–Crippen LogP) is 19.4. The Bertz CT molecular complexity index is 4210. The van der Waals surface area contributed by atoms with Crippen LogP contribution in [0.5, 0.6) is 0 Å². The average molecular weight is 1370 g/mol. The monoisotopic (exact) mass is 1370 g/mol. The van der Waals surface area contributed by atoms with E-state index in [4.69, 9.17) is 9.97 Å². The quantitative estimate of drug-likeness (QED) is 0.0608. The first-order valence-electron chi connectivity index (χ1n) is 30.2. The predicted molar refractivity (Wildman–Crippen MR) is 367 cm³/mol. The van der Waals surface area contributed by atoms with E-state index in [0.29, 0.717) is 23.6 Å². The number of anilines is 3. The summed E-state index contributed by atoms with van der Waals surface area (Å²) in [6.07, 6.45) is 11.1. The molecule has 0 unspecified atom stereocenters. The Kier molecular flexibility index (Phi) is 21.5. The number of pyridine rings is 2. The van der Waals surface area contributed by atoms with Gasteiger partial charge in [0, 0.05) is 108 Å². The summed E-state index contributed by atoms with van der Waals surface area (Å²) in [5.74, 6) is 1.27. The number of carbonyl (C=O) groups is 1. The summed E-state index contributed by atoms with van der Waals surface area (Å²) in [5.41, 5.74) is 19.8. The molecular formula is C81H73IrN7O2-2. The summed E-state index contributed by atoms with van der Waals surface area (Å²) in [6.45, 7) is 18.3. The van der Waals surface area contributed by atoms with Gasteiger partial charge in [-0.3, -0.25) is 4.79 Å². The van der Waals surface area contributed by atoms with E-state index < -0.39 is 5.41 Å². The second kappa shape index (κ2) is 29.9. The molecule has 0 amide bonds. The van der Waals surface area contributed by atoms with Gasteiger partial charge in [-0.15, -0.1) is 71.8 Å². The Hall–Kier alpha value is -10.1. The van der Waals surface area contributed by atoms with Crippen LogP contribution in [0.2, 0.25) is 0 Å². The van der Waals surface area contributed by atoms with Crippen molar-refractivity contribution in [2.75, 3.05) is 4.90 Å². The molecule has 0 fully saturated rings. The maximum atomic E-state index is 12.5. The Morgan fingerprint density at radius 3 is 1.31 bits per heavy atom. The third-order valence-corrected chi connectivity index (χ3v) is 16.3. The third kappa shape index (κ3) is 15.8. The molecule has 0 bridgehead atoms. The van der Waals surface area contributed by atoms with Crippen LogP contribution in [0, 0.1) is 32.9 Å². The average Bonchev–Trinajstić information content (AvgIpc) is 0.856. The largest absolute Gasteiger partial charge is 0.512 e. The normalized spacial score (nSPS) is 11.4. The van der Waals surface area contributed by atoms with Crippen LogP contribution in [0.3, 0.4) is 0 Å². The van der Waals surface area contributed by atoms with E-state index in [1.807, 2.05) is 97.1 Å². The third-order valence-electron chi connectivity index (χ3n) is 16.3. The molecule has 4 heterocycles. The number of carbonyl (C=O) groups excluding carboxylic acids is 1. The fraction of sp³-hybridized carbons (Fsp3) is 0.148. The van der Waals surface area contributed by atoms with E-state index in [9.17, 15) is 9.90 Å². The van der Waals surface area contributed by atoms with Crippen molar-refractivity contribution in [3.63, 3.8) is 0 Å². The molecule has 0 aliphatic carbocycles. The van der Waals surface area contributed by atoms with Crippen LogP contribution in [0.1, 0.15) is 86.1 Å². The van der Waals surface area contributed by atoms with Gasteiger partial charge < -0.3 is 20.0 Å². The van der Waals surface area contributed by atoms with Crippen molar-refractivity contribution in [1.82, 2.24) is 29.9 Å². The van der Waals surface area contributed by atoms with Crippen LogP contribution in [0.15, 0.2) is 273 Å². The molecule has 0 aliphatic rings. The van der Waals surface area contributed by atoms with E-state index in [-0.39, 0.29) is 37.1 Å². The van der Waals surface area contributed by atoms with Crippen molar-refractivity contribution in [3.8, 4) is 56.4 Å². The van der Waals surface area contributed by atoms with Crippen LogP contribution < -0.4 is 4.90 Å². The molecule has 455 valence electrons. The molecular weight excluding hydrogens is 1300 g/mol. The van der Waals surface area contributed by atoms with Gasteiger partial charge in [0.15, 0.2) is 17.4 Å². The number of allylic oxidation sites excluding steroid dienone is 2. The number of benzene rings is 8. The van der Waals surface area contributed by atoms with E-state index in [2.05, 4.69) is 213 Å². The molecule has 12 rings (SSSR count). The van der Waals surface area contributed by atoms with Gasteiger partial charge in [-0.1, -0.05) is 148 Å². The van der Waals surface area contributed by atoms with Crippen LogP contribution in [0.4, 0.5) is 17.1 Å². The Balaban J connectivity index is 0.000000322. The van der Waals surface area contributed by atoms with Gasteiger partial charge in [0.1, 0.15) is 0 Å². The molecule has 10 heteroatoms. The van der Waals surface area contributed by atoms with Crippen molar-refractivity contribution in [2.45, 2.75) is 79.6 Å². The van der Waals surface area contributed by atoms with Gasteiger partial charge in [-0.25, -0.2) is 19.9 Å². The smallest absolute Gasteiger partial charge is 0.159 e. The summed E-state index contributed by atoms with van der Waals surface area (Å²) in [5, 5.41) is 10.4. The molecule has 8 aromatic carbocycles. The second-order valence-electron chi connectivity index (χ2n) is 23.4. The van der Waals surface area contributed by atoms with Crippen molar-refractivity contribution >= 4 is 22.8 Å². The number of Topliss-reactive ketones (excluding diaryl/α,β-unsaturated/α-hetero) is 1. The number of aryl methyl sites for hydroxylation is 3. The first-order chi connectivity index (χ1) is 43.5. The zero-order chi connectivity index (χ0) is 63.2. The molecule has 91 heavy (non-hydrogen) atoms. The van der Waals surface area contributed by atoms with Crippen LogP contribution in [0.25, 0.3) is 56.4 Å². The molecule has 4 aromatic heterocycles. The zero-order valence-electron chi connectivity index (χ0n) is 52.9. The molecule has 0 saturated carbocycles. The number of rotatable bonds is 15. The molecule has 1 N–H and O–H groups in total. The van der Waals surface area contributed by atoms with Crippen molar-refractivity contribution in [1.29, 1.82) is 0 Å². The number of hydrogen-bond donors (Lipinski definition) is 1. The number of aromatic nitrogens is 6. The van der Waals surface area contributed by atoms with E-state index >= 15 is 0 Å². The van der Waals surface area contributed by atoms with Crippen LogP contribution in [-0.4, -0.2) is 40.8 Å². The standard InChI is InChI=1S/C59H57N5O2.2C11H8N.Ir/c1-38-12-21-47(22-13-38)64(49-25-18-45(19-26-49)59(8,9)55-29-15-39(2)34-43(55)36-52(41(4)65)42(5)66)48-23-16-44(17-24-48)58(6,7)46-20-28-51(54(37-46)57-62-32-11-33-63-57)50-27-14-40(3)35-53(50)56-60-30-10-31-61-56;2*1-2-6-10(7-3-1)11-8-4-5-9-12-11;/h10-35,37,65H,36H2,1-9H3;2*1-6,8-9H;/q;2*-1;/b52-41-;;;. The zero-order valence-corrected chi connectivity index (χ0v) is 55.2. The SMILES string of the molecule is CC(=O)/C(Cc1cc(C)ccc1C(C)(C)c1ccc(N(c2ccc(C)cc2)c2ccc(C(C)(C)c3ccc(-c4ccc(C)cc4-c4ncccn4)c(-c4ncccn4)c3)cc2)cc1)=C(/C)O.[Ir].[c-]1ccccc1-c1ccccn1.[c-]1ccccc1-c1ccccn1. The van der Waals surface area contributed by atoms with Crippen LogP contribution >= 0.6 is 0 Å². The fourth-order valence-corrected chi connectivity index (χ4v) is 11.2.